The lowest BCUT2D eigenvalue weighted by molar-refractivity contribution is 0.107. The SMILES string of the molecule is O=Cc1ccc(C(=O)Cl)cc1.SC1c2cccc1c2. The van der Waals surface area contributed by atoms with Crippen molar-refractivity contribution in [2.24, 2.45) is 0 Å². The van der Waals surface area contributed by atoms with E-state index in [9.17, 15) is 9.59 Å². The highest BCUT2D eigenvalue weighted by molar-refractivity contribution is 7.80. The van der Waals surface area contributed by atoms with Gasteiger partial charge in [0.1, 0.15) is 6.29 Å². The summed E-state index contributed by atoms with van der Waals surface area (Å²) in [4.78, 5) is 20.7. The summed E-state index contributed by atoms with van der Waals surface area (Å²) in [5, 5.41) is -0.0811. The van der Waals surface area contributed by atoms with E-state index < -0.39 is 5.24 Å². The van der Waals surface area contributed by atoms with Crippen molar-refractivity contribution in [3.05, 3.63) is 70.8 Å². The minimum atomic E-state index is -0.512. The molecule has 96 valence electrons. The second kappa shape index (κ2) is 6.04. The summed E-state index contributed by atoms with van der Waals surface area (Å²) >= 11 is 9.49. The molecule has 0 saturated heterocycles. The van der Waals surface area contributed by atoms with Gasteiger partial charge in [-0.05, 0) is 34.9 Å². The summed E-state index contributed by atoms with van der Waals surface area (Å²) in [6, 6.07) is 14.5. The second-order valence-electron chi connectivity index (χ2n) is 4.09. The fraction of sp³-hybridized carbons (Fsp3) is 0.0667. The van der Waals surface area contributed by atoms with Crippen LogP contribution in [0, 0.1) is 0 Å². The van der Waals surface area contributed by atoms with Gasteiger partial charge in [-0.3, -0.25) is 9.59 Å². The molecule has 0 N–H and O–H groups in total. The first-order valence-corrected chi connectivity index (χ1v) is 6.54. The van der Waals surface area contributed by atoms with Crippen LogP contribution in [0.2, 0.25) is 0 Å². The van der Waals surface area contributed by atoms with Gasteiger partial charge in [0.2, 0.25) is 0 Å². The molecular weight excluding hydrogens is 280 g/mol. The van der Waals surface area contributed by atoms with Crippen LogP contribution >= 0.6 is 24.2 Å². The molecule has 2 aliphatic rings. The number of thiol groups is 1. The molecule has 0 heterocycles. The summed E-state index contributed by atoms with van der Waals surface area (Å²) in [7, 11) is 0. The second-order valence-corrected chi connectivity index (χ2v) is 4.95. The zero-order valence-electron chi connectivity index (χ0n) is 9.92. The molecule has 19 heavy (non-hydrogen) atoms. The summed E-state index contributed by atoms with van der Waals surface area (Å²) in [5.74, 6) is 0. The zero-order chi connectivity index (χ0) is 13.8. The average Bonchev–Trinajstić information content (AvgIpc) is 2.48. The van der Waals surface area contributed by atoms with Gasteiger partial charge in [-0.25, -0.2) is 0 Å². The van der Waals surface area contributed by atoms with Crippen molar-refractivity contribution in [2.45, 2.75) is 5.25 Å². The van der Waals surface area contributed by atoms with E-state index in [1.807, 2.05) is 0 Å². The van der Waals surface area contributed by atoms with E-state index >= 15 is 0 Å². The summed E-state index contributed by atoms with van der Waals surface area (Å²) < 4.78 is 0. The number of hydrogen-bond donors (Lipinski definition) is 1. The largest absolute Gasteiger partial charge is 0.298 e. The Labute approximate surface area is 121 Å². The van der Waals surface area contributed by atoms with Crippen molar-refractivity contribution in [2.75, 3.05) is 0 Å². The molecule has 4 heteroatoms. The minimum absolute atomic E-state index is 0.400. The van der Waals surface area contributed by atoms with E-state index in [-0.39, 0.29) is 0 Å². The quantitative estimate of drug-likeness (QED) is 0.517. The van der Waals surface area contributed by atoms with Crippen molar-refractivity contribution in [1.82, 2.24) is 0 Å². The van der Waals surface area contributed by atoms with Gasteiger partial charge in [-0.1, -0.05) is 36.4 Å². The van der Waals surface area contributed by atoms with Gasteiger partial charge < -0.3 is 0 Å². The van der Waals surface area contributed by atoms with Gasteiger partial charge in [-0.15, -0.1) is 0 Å². The van der Waals surface area contributed by atoms with Crippen molar-refractivity contribution in [3.63, 3.8) is 0 Å². The van der Waals surface area contributed by atoms with Gasteiger partial charge in [-0.2, -0.15) is 12.6 Å². The van der Waals surface area contributed by atoms with Gasteiger partial charge >= 0.3 is 0 Å². The Kier molecular flexibility index (Phi) is 4.40. The van der Waals surface area contributed by atoms with Crippen LogP contribution < -0.4 is 0 Å². The third-order valence-corrected chi connectivity index (χ3v) is 3.63. The molecular formula is C15H11ClO2S. The first kappa shape index (κ1) is 13.8. The fourth-order valence-electron chi connectivity index (χ4n) is 1.69. The first-order chi connectivity index (χ1) is 9.11. The van der Waals surface area contributed by atoms with Crippen molar-refractivity contribution in [1.29, 1.82) is 0 Å². The van der Waals surface area contributed by atoms with Crippen LogP contribution in [0.5, 0.6) is 0 Å². The normalized spacial score (nSPS) is 11.9. The van der Waals surface area contributed by atoms with Crippen molar-refractivity contribution < 1.29 is 9.59 Å². The Hall–Kier alpha value is -1.58. The molecule has 0 amide bonds. The van der Waals surface area contributed by atoms with E-state index in [1.54, 1.807) is 12.1 Å². The van der Waals surface area contributed by atoms with E-state index in [1.165, 1.54) is 23.3 Å². The van der Waals surface area contributed by atoms with E-state index in [2.05, 4.69) is 36.9 Å². The van der Waals surface area contributed by atoms with E-state index in [0.29, 0.717) is 22.7 Å². The molecule has 2 bridgehead atoms. The molecule has 2 aromatic rings. The summed E-state index contributed by atoms with van der Waals surface area (Å²) in [5.41, 5.74) is 3.64. The Morgan fingerprint density at radius 1 is 1.11 bits per heavy atom. The smallest absolute Gasteiger partial charge is 0.252 e. The van der Waals surface area contributed by atoms with Gasteiger partial charge in [0.15, 0.2) is 0 Å². The van der Waals surface area contributed by atoms with Crippen LogP contribution in [0.1, 0.15) is 37.1 Å². The lowest BCUT2D eigenvalue weighted by Crippen LogP contribution is -2.03. The van der Waals surface area contributed by atoms with Crippen molar-refractivity contribution >= 4 is 35.8 Å². The third-order valence-electron chi connectivity index (χ3n) is 2.82. The van der Waals surface area contributed by atoms with Crippen LogP contribution in [-0.4, -0.2) is 11.5 Å². The highest BCUT2D eigenvalue weighted by atomic mass is 35.5. The van der Waals surface area contributed by atoms with Gasteiger partial charge in [0.05, 0.1) is 5.25 Å². The Morgan fingerprint density at radius 2 is 1.68 bits per heavy atom. The Bertz CT molecular complexity index is 581. The first-order valence-electron chi connectivity index (χ1n) is 5.65. The number of carbonyl (C=O) groups excluding carboxylic acids is 2. The maximum atomic E-state index is 10.5. The maximum Gasteiger partial charge on any atom is 0.252 e. The molecule has 0 aromatic heterocycles. The number of aldehydes is 1. The lowest BCUT2D eigenvalue weighted by Gasteiger charge is -2.21. The molecule has 0 atom stereocenters. The average molecular weight is 291 g/mol. The fourth-order valence-corrected chi connectivity index (χ4v) is 2.14. The van der Waals surface area contributed by atoms with Gasteiger partial charge in [0, 0.05) is 11.1 Å². The molecule has 2 aliphatic carbocycles. The number of benzene rings is 2. The van der Waals surface area contributed by atoms with E-state index in [4.69, 9.17) is 11.6 Å². The Morgan fingerprint density at radius 3 is 2.00 bits per heavy atom. The lowest BCUT2D eigenvalue weighted by atomic mass is 9.93. The van der Waals surface area contributed by atoms with Crippen LogP contribution in [0.25, 0.3) is 0 Å². The minimum Gasteiger partial charge on any atom is -0.298 e. The van der Waals surface area contributed by atoms with Crippen LogP contribution in [0.3, 0.4) is 0 Å². The predicted molar refractivity (Wildman–Crippen MR) is 79.3 cm³/mol. The molecule has 0 fully saturated rings. The predicted octanol–water partition coefficient (Wildman–Crippen LogP) is 3.90. The van der Waals surface area contributed by atoms with Crippen LogP contribution in [0.15, 0.2) is 48.5 Å². The molecule has 0 unspecified atom stereocenters. The molecule has 0 spiro atoms. The maximum absolute atomic E-state index is 10.5. The molecule has 0 saturated carbocycles. The van der Waals surface area contributed by atoms with Gasteiger partial charge in [0.25, 0.3) is 5.24 Å². The molecule has 0 aliphatic heterocycles. The highest BCUT2D eigenvalue weighted by Crippen LogP contribution is 2.37. The molecule has 4 rings (SSSR count). The number of rotatable bonds is 2. The number of halogens is 1. The van der Waals surface area contributed by atoms with Crippen LogP contribution in [0.4, 0.5) is 0 Å². The topological polar surface area (TPSA) is 34.1 Å². The summed E-state index contributed by atoms with van der Waals surface area (Å²) in [6.45, 7) is 0. The van der Waals surface area contributed by atoms with Crippen molar-refractivity contribution in [3.8, 4) is 0 Å². The molecule has 0 radical (unpaired) electrons. The zero-order valence-corrected chi connectivity index (χ0v) is 11.6. The monoisotopic (exact) mass is 290 g/mol. The highest BCUT2D eigenvalue weighted by Gasteiger charge is 2.17. The van der Waals surface area contributed by atoms with E-state index in [0.717, 1.165) is 0 Å². The third kappa shape index (κ3) is 3.25. The molecule has 2 aromatic carbocycles. The Balaban J connectivity index is 0.000000146. The number of fused-ring (bicyclic) bond motifs is 2. The number of hydrogen-bond acceptors (Lipinski definition) is 3. The number of carbonyl (C=O) groups is 2. The molecule has 2 nitrogen and oxygen atoms in total. The summed E-state index contributed by atoms with van der Waals surface area (Å²) in [6.07, 6.45) is 0.711. The standard InChI is InChI=1S/C8H5ClO2.C7H6S/c9-8(11)7-3-1-6(5-10)2-4-7;8-7-5-2-1-3-6(7)4-5/h1-5H;1-4,7-8H. The van der Waals surface area contributed by atoms with Crippen LogP contribution in [-0.2, 0) is 0 Å².